The van der Waals surface area contributed by atoms with E-state index in [0.29, 0.717) is 13.1 Å². The van der Waals surface area contributed by atoms with E-state index in [9.17, 15) is 8.78 Å². The number of nitrogens with two attached hydrogens (primary N) is 1. The molecule has 0 bridgehead atoms. The highest BCUT2D eigenvalue weighted by Crippen LogP contribution is 2.16. The SMILES string of the molecule is NCCN(Cc1ccccc1)Cc1ccc(OC(F)F)cc1. The van der Waals surface area contributed by atoms with Crippen molar-refractivity contribution in [3.05, 3.63) is 65.7 Å². The van der Waals surface area contributed by atoms with Crippen molar-refractivity contribution in [1.82, 2.24) is 4.90 Å². The average Bonchev–Trinajstić information content (AvgIpc) is 2.50. The lowest BCUT2D eigenvalue weighted by Crippen LogP contribution is -2.28. The number of ether oxygens (including phenoxy) is 1. The molecule has 0 aliphatic rings. The number of hydrogen-bond donors (Lipinski definition) is 1. The van der Waals surface area contributed by atoms with Gasteiger partial charge in [-0.25, -0.2) is 0 Å². The third kappa shape index (κ3) is 5.42. The van der Waals surface area contributed by atoms with Crippen molar-refractivity contribution >= 4 is 0 Å². The zero-order chi connectivity index (χ0) is 15.8. The summed E-state index contributed by atoms with van der Waals surface area (Å²) in [5.74, 6) is 0.173. The van der Waals surface area contributed by atoms with E-state index in [1.165, 1.54) is 5.56 Å². The summed E-state index contributed by atoms with van der Waals surface area (Å²) in [7, 11) is 0. The fourth-order valence-corrected chi connectivity index (χ4v) is 2.27. The van der Waals surface area contributed by atoms with Gasteiger partial charge in [0.2, 0.25) is 0 Å². The normalized spacial score (nSPS) is 11.1. The zero-order valence-electron chi connectivity index (χ0n) is 12.3. The van der Waals surface area contributed by atoms with Gasteiger partial charge < -0.3 is 10.5 Å². The summed E-state index contributed by atoms with van der Waals surface area (Å²) in [6.07, 6.45) is 0. The van der Waals surface area contributed by atoms with Crippen LogP contribution in [-0.4, -0.2) is 24.6 Å². The highest BCUT2D eigenvalue weighted by molar-refractivity contribution is 5.27. The molecule has 0 atom stereocenters. The molecule has 2 aromatic carbocycles. The van der Waals surface area contributed by atoms with Crippen LogP contribution in [0.3, 0.4) is 0 Å². The molecule has 0 unspecified atom stereocenters. The molecular formula is C17H20F2N2O. The standard InChI is InChI=1S/C17H20F2N2O/c18-17(19)22-16-8-6-15(7-9-16)13-21(11-10-20)12-14-4-2-1-3-5-14/h1-9,17H,10-13,20H2. The van der Waals surface area contributed by atoms with Crippen molar-refractivity contribution in [2.45, 2.75) is 19.7 Å². The minimum absolute atomic E-state index is 0.173. The molecule has 0 aromatic heterocycles. The molecule has 0 spiro atoms. The number of nitrogens with zero attached hydrogens (tertiary/aromatic N) is 1. The van der Waals surface area contributed by atoms with E-state index < -0.39 is 6.61 Å². The highest BCUT2D eigenvalue weighted by atomic mass is 19.3. The Hall–Kier alpha value is -1.98. The number of halogens is 2. The van der Waals surface area contributed by atoms with Crippen LogP contribution in [0.4, 0.5) is 8.78 Å². The number of alkyl halides is 2. The summed E-state index contributed by atoms with van der Waals surface area (Å²) in [5.41, 5.74) is 7.92. The molecule has 0 saturated carbocycles. The monoisotopic (exact) mass is 306 g/mol. The minimum atomic E-state index is -2.79. The van der Waals surface area contributed by atoms with E-state index in [-0.39, 0.29) is 5.75 Å². The maximum Gasteiger partial charge on any atom is 0.387 e. The van der Waals surface area contributed by atoms with Gasteiger partial charge >= 0.3 is 6.61 Å². The Kier molecular flexibility index (Phi) is 6.30. The van der Waals surface area contributed by atoms with E-state index in [2.05, 4.69) is 21.8 Å². The van der Waals surface area contributed by atoms with E-state index in [4.69, 9.17) is 5.73 Å². The second kappa shape index (κ2) is 8.46. The Morgan fingerprint density at radius 2 is 1.50 bits per heavy atom. The first-order valence-corrected chi connectivity index (χ1v) is 7.17. The maximum absolute atomic E-state index is 12.1. The van der Waals surface area contributed by atoms with Gasteiger partial charge in [-0.2, -0.15) is 8.78 Å². The lowest BCUT2D eigenvalue weighted by atomic mass is 10.1. The molecule has 0 aliphatic heterocycles. The summed E-state index contributed by atoms with van der Waals surface area (Å²) in [4.78, 5) is 2.22. The van der Waals surface area contributed by atoms with Crippen LogP contribution in [-0.2, 0) is 13.1 Å². The predicted octanol–water partition coefficient (Wildman–Crippen LogP) is 3.25. The zero-order valence-corrected chi connectivity index (χ0v) is 12.3. The van der Waals surface area contributed by atoms with Crippen LogP contribution in [0.2, 0.25) is 0 Å². The molecule has 0 saturated heterocycles. The Balaban J connectivity index is 1.98. The first-order chi connectivity index (χ1) is 10.7. The van der Waals surface area contributed by atoms with Crippen LogP contribution in [0.5, 0.6) is 5.75 Å². The van der Waals surface area contributed by atoms with Crippen LogP contribution in [0.15, 0.2) is 54.6 Å². The number of rotatable bonds is 8. The van der Waals surface area contributed by atoms with Gasteiger partial charge in [-0.15, -0.1) is 0 Å². The van der Waals surface area contributed by atoms with E-state index >= 15 is 0 Å². The van der Waals surface area contributed by atoms with Crippen molar-refractivity contribution in [1.29, 1.82) is 0 Å². The number of hydrogen-bond acceptors (Lipinski definition) is 3. The maximum atomic E-state index is 12.1. The molecule has 0 heterocycles. The van der Waals surface area contributed by atoms with Gasteiger partial charge in [-0.05, 0) is 23.3 Å². The lowest BCUT2D eigenvalue weighted by molar-refractivity contribution is -0.0498. The summed E-state index contributed by atoms with van der Waals surface area (Å²) in [5, 5.41) is 0. The molecule has 3 nitrogen and oxygen atoms in total. The molecule has 118 valence electrons. The lowest BCUT2D eigenvalue weighted by Gasteiger charge is -2.22. The van der Waals surface area contributed by atoms with Crippen molar-refractivity contribution < 1.29 is 13.5 Å². The smallest absolute Gasteiger partial charge is 0.387 e. The fraction of sp³-hybridized carbons (Fsp3) is 0.294. The number of benzene rings is 2. The Morgan fingerprint density at radius 1 is 0.909 bits per heavy atom. The molecule has 0 amide bonds. The Morgan fingerprint density at radius 3 is 2.05 bits per heavy atom. The Bertz CT molecular complexity index is 546. The minimum Gasteiger partial charge on any atom is -0.435 e. The summed E-state index contributed by atoms with van der Waals surface area (Å²) in [6.45, 7) is 0.0514. The van der Waals surface area contributed by atoms with Gasteiger partial charge in [0.25, 0.3) is 0 Å². The molecule has 0 radical (unpaired) electrons. The largest absolute Gasteiger partial charge is 0.435 e. The quantitative estimate of drug-likeness (QED) is 0.813. The third-order valence-electron chi connectivity index (χ3n) is 3.25. The van der Waals surface area contributed by atoms with Crippen molar-refractivity contribution in [2.75, 3.05) is 13.1 Å². The topological polar surface area (TPSA) is 38.5 Å². The van der Waals surface area contributed by atoms with Gasteiger partial charge in [0.1, 0.15) is 5.75 Å². The summed E-state index contributed by atoms with van der Waals surface area (Å²) in [6, 6.07) is 16.9. The van der Waals surface area contributed by atoms with Crippen LogP contribution < -0.4 is 10.5 Å². The van der Waals surface area contributed by atoms with Crippen LogP contribution in [0.25, 0.3) is 0 Å². The molecule has 2 aromatic rings. The van der Waals surface area contributed by atoms with Gasteiger partial charge in [-0.3, -0.25) is 4.90 Å². The third-order valence-corrected chi connectivity index (χ3v) is 3.25. The summed E-state index contributed by atoms with van der Waals surface area (Å²) < 4.78 is 28.6. The van der Waals surface area contributed by atoms with E-state index in [1.807, 2.05) is 18.2 Å². The average molecular weight is 306 g/mol. The van der Waals surface area contributed by atoms with E-state index in [0.717, 1.165) is 18.7 Å². The van der Waals surface area contributed by atoms with Crippen molar-refractivity contribution in [3.8, 4) is 5.75 Å². The molecule has 0 aliphatic carbocycles. The molecule has 0 fully saturated rings. The highest BCUT2D eigenvalue weighted by Gasteiger charge is 2.08. The van der Waals surface area contributed by atoms with Crippen molar-refractivity contribution in [3.63, 3.8) is 0 Å². The van der Waals surface area contributed by atoms with Crippen molar-refractivity contribution in [2.24, 2.45) is 5.73 Å². The molecule has 2 N–H and O–H groups in total. The summed E-state index contributed by atoms with van der Waals surface area (Å²) >= 11 is 0. The fourth-order valence-electron chi connectivity index (χ4n) is 2.27. The van der Waals surface area contributed by atoms with Gasteiger partial charge in [0.05, 0.1) is 0 Å². The van der Waals surface area contributed by atoms with Gasteiger partial charge in [-0.1, -0.05) is 42.5 Å². The van der Waals surface area contributed by atoms with Crippen LogP contribution in [0.1, 0.15) is 11.1 Å². The first kappa shape index (κ1) is 16.4. The van der Waals surface area contributed by atoms with Gasteiger partial charge in [0.15, 0.2) is 0 Å². The predicted molar refractivity (Wildman–Crippen MR) is 82.7 cm³/mol. The second-order valence-electron chi connectivity index (χ2n) is 5.01. The molecule has 22 heavy (non-hydrogen) atoms. The Labute approximate surface area is 129 Å². The molecule has 5 heteroatoms. The van der Waals surface area contributed by atoms with E-state index in [1.54, 1.807) is 24.3 Å². The van der Waals surface area contributed by atoms with Crippen LogP contribution in [0, 0.1) is 0 Å². The molecular weight excluding hydrogens is 286 g/mol. The second-order valence-corrected chi connectivity index (χ2v) is 5.01. The van der Waals surface area contributed by atoms with Crippen LogP contribution >= 0.6 is 0 Å². The first-order valence-electron chi connectivity index (χ1n) is 7.17. The molecule has 2 rings (SSSR count). The van der Waals surface area contributed by atoms with Gasteiger partial charge in [0, 0.05) is 26.2 Å².